The number of carbonyl (C=O) groups excluding carboxylic acids is 2. The molecule has 2 amide bonds. The average Bonchev–Trinajstić information content (AvgIpc) is 2.34. The number of imide groups is 1. The summed E-state index contributed by atoms with van der Waals surface area (Å²) in [6.45, 7) is 11.7. The Hall–Kier alpha value is -2.62. The van der Waals surface area contributed by atoms with E-state index >= 15 is 0 Å². The van der Waals surface area contributed by atoms with Crippen LogP contribution in [-0.2, 0) is 9.47 Å². The van der Waals surface area contributed by atoms with Gasteiger partial charge < -0.3 is 9.47 Å². The number of rotatable bonds is 1. The summed E-state index contributed by atoms with van der Waals surface area (Å²) in [6.07, 6.45) is -1.90. The lowest BCUT2D eigenvalue weighted by molar-refractivity contribution is 0.0429. The Morgan fingerprint density at radius 3 is 1.88 bits per heavy atom. The van der Waals surface area contributed by atoms with E-state index in [1.54, 1.807) is 54.5 Å². The van der Waals surface area contributed by atoms with Crippen LogP contribution in [0, 0.1) is 18.3 Å². The Morgan fingerprint density at radius 1 is 1.04 bits per heavy atom. The lowest BCUT2D eigenvalue weighted by atomic mass is 10.2. The molecule has 0 bridgehead atoms. The molecule has 0 atom stereocenters. The molecular weight excluding hydrogens is 310 g/mol. The van der Waals surface area contributed by atoms with Gasteiger partial charge in [0.15, 0.2) is 5.82 Å². The SMILES string of the molecule is Cc1ccc(C#N)c(N(C(=O)OC(C)(C)C)C(=O)OC(C)(C)C)n1. The Bertz CT molecular complexity index is 651. The Balaban J connectivity index is 3.39. The van der Waals surface area contributed by atoms with Gasteiger partial charge in [-0.2, -0.15) is 10.2 Å². The van der Waals surface area contributed by atoms with Gasteiger partial charge in [-0.05, 0) is 60.6 Å². The highest BCUT2D eigenvalue weighted by atomic mass is 16.6. The van der Waals surface area contributed by atoms with Crippen molar-refractivity contribution < 1.29 is 19.1 Å². The van der Waals surface area contributed by atoms with E-state index in [4.69, 9.17) is 9.47 Å². The minimum Gasteiger partial charge on any atom is -0.443 e. The number of hydrogen-bond acceptors (Lipinski definition) is 6. The monoisotopic (exact) mass is 333 g/mol. The maximum atomic E-state index is 12.5. The van der Waals surface area contributed by atoms with E-state index in [0.717, 1.165) is 0 Å². The topological polar surface area (TPSA) is 92.5 Å². The van der Waals surface area contributed by atoms with Crippen LogP contribution in [0.5, 0.6) is 0 Å². The summed E-state index contributed by atoms with van der Waals surface area (Å²) in [7, 11) is 0. The van der Waals surface area contributed by atoms with E-state index < -0.39 is 23.4 Å². The first kappa shape index (κ1) is 19.4. The van der Waals surface area contributed by atoms with Crippen molar-refractivity contribution in [3.8, 4) is 6.07 Å². The molecule has 0 fully saturated rings. The second-order valence-electron chi connectivity index (χ2n) is 7.23. The van der Waals surface area contributed by atoms with Crippen molar-refractivity contribution in [2.75, 3.05) is 4.90 Å². The number of aromatic nitrogens is 1. The van der Waals surface area contributed by atoms with Gasteiger partial charge in [0.2, 0.25) is 0 Å². The number of anilines is 1. The van der Waals surface area contributed by atoms with Crippen LogP contribution in [0.2, 0.25) is 0 Å². The van der Waals surface area contributed by atoms with E-state index in [1.165, 1.54) is 6.07 Å². The molecule has 130 valence electrons. The smallest absolute Gasteiger partial charge is 0.425 e. The minimum atomic E-state index is -0.952. The van der Waals surface area contributed by atoms with Crippen LogP contribution >= 0.6 is 0 Å². The molecule has 7 heteroatoms. The normalized spacial score (nSPS) is 11.4. The molecule has 1 aromatic heterocycles. The first-order valence-corrected chi connectivity index (χ1v) is 7.48. The van der Waals surface area contributed by atoms with E-state index in [0.29, 0.717) is 10.6 Å². The van der Waals surface area contributed by atoms with Crippen LogP contribution in [-0.4, -0.2) is 28.4 Å². The van der Waals surface area contributed by atoms with Gasteiger partial charge in [-0.25, -0.2) is 14.6 Å². The van der Waals surface area contributed by atoms with E-state index in [1.807, 2.05) is 6.07 Å². The second-order valence-corrected chi connectivity index (χ2v) is 7.23. The average molecular weight is 333 g/mol. The number of hydrogen-bond donors (Lipinski definition) is 0. The molecule has 0 saturated heterocycles. The number of nitriles is 1. The summed E-state index contributed by atoms with van der Waals surface area (Å²) in [5.74, 6) is -0.110. The fraction of sp³-hybridized carbons (Fsp3) is 0.529. The highest BCUT2D eigenvalue weighted by Gasteiger charge is 2.35. The van der Waals surface area contributed by atoms with Crippen molar-refractivity contribution in [1.82, 2.24) is 4.98 Å². The number of amides is 2. The molecule has 0 aliphatic heterocycles. The summed E-state index contributed by atoms with van der Waals surface area (Å²) >= 11 is 0. The number of nitrogens with zero attached hydrogens (tertiary/aromatic N) is 3. The lowest BCUT2D eigenvalue weighted by Gasteiger charge is -2.28. The maximum absolute atomic E-state index is 12.5. The Labute approximate surface area is 142 Å². The standard InChI is InChI=1S/C17H23N3O4/c1-11-8-9-12(10-18)13(19-11)20(14(21)23-16(2,3)4)15(22)24-17(5,6)7/h8-9H,1-7H3. The van der Waals surface area contributed by atoms with E-state index in [2.05, 4.69) is 4.98 Å². The molecule has 1 aromatic rings. The maximum Gasteiger partial charge on any atom is 0.425 e. The molecule has 7 nitrogen and oxygen atoms in total. The molecule has 0 N–H and O–H groups in total. The van der Waals surface area contributed by atoms with Crippen molar-refractivity contribution >= 4 is 18.0 Å². The Morgan fingerprint density at radius 2 is 1.50 bits per heavy atom. The van der Waals surface area contributed by atoms with Gasteiger partial charge in [0, 0.05) is 5.69 Å². The molecule has 0 unspecified atom stereocenters. The Kier molecular flexibility index (Phi) is 5.56. The number of ether oxygens (including phenoxy) is 2. The lowest BCUT2D eigenvalue weighted by Crippen LogP contribution is -2.44. The molecule has 0 aliphatic rings. The molecule has 0 aliphatic carbocycles. The van der Waals surface area contributed by atoms with E-state index in [-0.39, 0.29) is 11.4 Å². The highest BCUT2D eigenvalue weighted by Crippen LogP contribution is 2.23. The predicted molar refractivity (Wildman–Crippen MR) is 88.6 cm³/mol. The molecule has 0 spiro atoms. The number of carbonyl (C=O) groups is 2. The zero-order valence-corrected chi connectivity index (χ0v) is 15.1. The molecule has 0 aromatic carbocycles. The minimum absolute atomic E-state index is 0.0670. The van der Waals surface area contributed by atoms with Crippen LogP contribution in [0.3, 0.4) is 0 Å². The fourth-order valence-electron chi connectivity index (χ4n) is 1.66. The van der Waals surface area contributed by atoms with Gasteiger partial charge >= 0.3 is 12.2 Å². The van der Waals surface area contributed by atoms with Gasteiger partial charge in [0.1, 0.15) is 17.3 Å². The van der Waals surface area contributed by atoms with Crippen LogP contribution in [0.25, 0.3) is 0 Å². The first-order valence-electron chi connectivity index (χ1n) is 7.48. The van der Waals surface area contributed by atoms with Crippen molar-refractivity contribution in [3.63, 3.8) is 0 Å². The fourth-order valence-corrected chi connectivity index (χ4v) is 1.66. The summed E-state index contributed by atoms with van der Waals surface area (Å²) in [4.78, 5) is 29.8. The third-order valence-corrected chi connectivity index (χ3v) is 2.50. The third-order valence-electron chi connectivity index (χ3n) is 2.50. The van der Waals surface area contributed by atoms with Crippen molar-refractivity contribution in [1.29, 1.82) is 5.26 Å². The zero-order chi connectivity index (χ0) is 18.7. The van der Waals surface area contributed by atoms with Crippen LogP contribution in [0.15, 0.2) is 12.1 Å². The summed E-state index contributed by atoms with van der Waals surface area (Å²) < 4.78 is 10.5. The number of aryl methyl sites for hydroxylation is 1. The summed E-state index contributed by atoms with van der Waals surface area (Å²) in [6, 6.07) is 5.02. The van der Waals surface area contributed by atoms with Gasteiger partial charge in [-0.1, -0.05) is 0 Å². The van der Waals surface area contributed by atoms with Crippen LogP contribution < -0.4 is 4.90 Å². The van der Waals surface area contributed by atoms with Crippen molar-refractivity contribution in [2.45, 2.75) is 59.7 Å². The molecule has 24 heavy (non-hydrogen) atoms. The zero-order valence-electron chi connectivity index (χ0n) is 15.1. The molecule has 1 rings (SSSR count). The predicted octanol–water partition coefficient (Wildman–Crippen LogP) is 3.94. The first-order chi connectivity index (χ1) is 10.8. The molecule has 1 heterocycles. The molecule has 0 saturated carbocycles. The van der Waals surface area contributed by atoms with Gasteiger partial charge in [0.05, 0.1) is 5.56 Å². The largest absolute Gasteiger partial charge is 0.443 e. The van der Waals surface area contributed by atoms with E-state index in [9.17, 15) is 14.9 Å². The van der Waals surface area contributed by atoms with Crippen LogP contribution in [0.1, 0.15) is 52.8 Å². The van der Waals surface area contributed by atoms with Crippen molar-refractivity contribution in [3.05, 3.63) is 23.4 Å². The second kappa shape index (κ2) is 6.87. The number of pyridine rings is 1. The van der Waals surface area contributed by atoms with Crippen molar-refractivity contribution in [2.24, 2.45) is 0 Å². The molecular formula is C17H23N3O4. The van der Waals surface area contributed by atoms with Gasteiger partial charge in [-0.3, -0.25) is 0 Å². The highest BCUT2D eigenvalue weighted by molar-refractivity contribution is 6.09. The quantitative estimate of drug-likeness (QED) is 0.773. The van der Waals surface area contributed by atoms with Crippen LogP contribution in [0.4, 0.5) is 15.4 Å². The summed E-state index contributed by atoms with van der Waals surface area (Å²) in [5.41, 5.74) is -1.04. The van der Waals surface area contributed by atoms with Gasteiger partial charge in [-0.15, -0.1) is 0 Å². The molecule has 0 radical (unpaired) electrons. The third kappa shape index (κ3) is 5.54. The summed E-state index contributed by atoms with van der Waals surface area (Å²) in [5, 5.41) is 9.27. The van der Waals surface area contributed by atoms with Gasteiger partial charge in [0.25, 0.3) is 0 Å².